The van der Waals surface area contributed by atoms with E-state index in [1.54, 1.807) is 0 Å². The molecule has 1 aromatic rings. The Morgan fingerprint density at radius 3 is 2.83 bits per heavy atom. The summed E-state index contributed by atoms with van der Waals surface area (Å²) >= 11 is 5.81. The Bertz CT molecular complexity index is 385. The lowest BCUT2D eigenvalue weighted by Gasteiger charge is -2.22. The Morgan fingerprint density at radius 1 is 1.39 bits per heavy atom. The fourth-order valence-electron chi connectivity index (χ4n) is 2.24. The second-order valence-corrected chi connectivity index (χ2v) is 5.26. The van der Waals surface area contributed by atoms with Gasteiger partial charge in [0, 0.05) is 18.0 Å². The van der Waals surface area contributed by atoms with E-state index in [1.807, 2.05) is 24.3 Å². The van der Waals surface area contributed by atoms with Crippen LogP contribution in [0.1, 0.15) is 24.8 Å². The van der Waals surface area contributed by atoms with Gasteiger partial charge in [0.25, 0.3) is 0 Å². The summed E-state index contributed by atoms with van der Waals surface area (Å²) in [5.74, 6) is 0.627. The number of carbonyl (C=O) groups excluding carboxylic acids is 1. The largest absolute Gasteiger partial charge is 0.352 e. The molecule has 4 heteroatoms. The van der Waals surface area contributed by atoms with Crippen LogP contribution in [0.2, 0.25) is 5.02 Å². The molecule has 2 rings (SSSR count). The molecule has 1 aliphatic heterocycles. The second-order valence-electron chi connectivity index (χ2n) is 4.82. The highest BCUT2D eigenvalue weighted by Crippen LogP contribution is 2.14. The first kappa shape index (κ1) is 13.4. The standard InChI is InChI=1S/C14H19ClN2O/c15-13-5-3-11(4-6-13)10-17-14(18)8-12-2-1-7-16-9-12/h3-6,12,16H,1-2,7-10H2,(H,17,18). The minimum atomic E-state index is 0.138. The molecule has 1 aromatic carbocycles. The zero-order chi connectivity index (χ0) is 12.8. The molecule has 0 bridgehead atoms. The molecular weight excluding hydrogens is 248 g/mol. The van der Waals surface area contributed by atoms with Crippen LogP contribution in [-0.2, 0) is 11.3 Å². The van der Waals surface area contributed by atoms with Crippen molar-refractivity contribution in [1.29, 1.82) is 0 Å². The van der Waals surface area contributed by atoms with Gasteiger partial charge < -0.3 is 10.6 Å². The third-order valence-electron chi connectivity index (χ3n) is 3.28. The average Bonchev–Trinajstić information content (AvgIpc) is 2.39. The number of rotatable bonds is 4. The lowest BCUT2D eigenvalue weighted by atomic mass is 9.96. The van der Waals surface area contributed by atoms with Gasteiger partial charge in [-0.05, 0) is 49.5 Å². The number of piperidine rings is 1. The number of benzene rings is 1. The van der Waals surface area contributed by atoms with Crippen LogP contribution in [-0.4, -0.2) is 19.0 Å². The van der Waals surface area contributed by atoms with E-state index < -0.39 is 0 Å². The van der Waals surface area contributed by atoms with E-state index in [9.17, 15) is 4.79 Å². The Kier molecular flexibility index (Phi) is 5.02. The topological polar surface area (TPSA) is 41.1 Å². The van der Waals surface area contributed by atoms with Gasteiger partial charge in [0.15, 0.2) is 0 Å². The zero-order valence-corrected chi connectivity index (χ0v) is 11.2. The summed E-state index contributed by atoms with van der Waals surface area (Å²) in [4.78, 5) is 11.8. The number of hydrogen-bond acceptors (Lipinski definition) is 2. The van der Waals surface area contributed by atoms with Crippen molar-refractivity contribution in [3.63, 3.8) is 0 Å². The highest BCUT2D eigenvalue weighted by molar-refractivity contribution is 6.30. The van der Waals surface area contributed by atoms with E-state index in [4.69, 9.17) is 11.6 Å². The maximum absolute atomic E-state index is 11.8. The van der Waals surface area contributed by atoms with E-state index in [-0.39, 0.29) is 5.91 Å². The van der Waals surface area contributed by atoms with Gasteiger partial charge in [-0.1, -0.05) is 23.7 Å². The molecule has 0 aromatic heterocycles. The Hall–Kier alpha value is -1.06. The predicted octanol–water partition coefficient (Wildman–Crippen LogP) is 2.35. The summed E-state index contributed by atoms with van der Waals surface area (Å²) in [6.45, 7) is 2.63. The molecule has 0 saturated carbocycles. The van der Waals surface area contributed by atoms with Crippen molar-refractivity contribution < 1.29 is 4.79 Å². The molecule has 1 unspecified atom stereocenters. The van der Waals surface area contributed by atoms with Gasteiger partial charge in [0.2, 0.25) is 5.91 Å². The van der Waals surface area contributed by atoms with Crippen molar-refractivity contribution >= 4 is 17.5 Å². The summed E-state index contributed by atoms with van der Waals surface area (Å²) in [5.41, 5.74) is 1.08. The van der Waals surface area contributed by atoms with Gasteiger partial charge in [-0.15, -0.1) is 0 Å². The fourth-order valence-corrected chi connectivity index (χ4v) is 2.36. The second kappa shape index (κ2) is 6.76. The number of nitrogens with one attached hydrogen (secondary N) is 2. The van der Waals surface area contributed by atoms with E-state index in [0.29, 0.717) is 18.9 Å². The van der Waals surface area contributed by atoms with Crippen molar-refractivity contribution in [2.45, 2.75) is 25.8 Å². The molecule has 1 aliphatic rings. The molecule has 1 amide bonds. The van der Waals surface area contributed by atoms with Crippen LogP contribution < -0.4 is 10.6 Å². The van der Waals surface area contributed by atoms with Crippen LogP contribution in [0.25, 0.3) is 0 Å². The van der Waals surface area contributed by atoms with Gasteiger partial charge in [-0.3, -0.25) is 4.79 Å². The smallest absolute Gasteiger partial charge is 0.220 e. The lowest BCUT2D eigenvalue weighted by Crippen LogP contribution is -2.34. The molecular formula is C14H19ClN2O. The summed E-state index contributed by atoms with van der Waals surface area (Å²) in [5, 5.41) is 7.00. The van der Waals surface area contributed by atoms with Crippen molar-refractivity contribution in [3.05, 3.63) is 34.9 Å². The third-order valence-corrected chi connectivity index (χ3v) is 3.53. The van der Waals surface area contributed by atoms with E-state index in [1.165, 1.54) is 6.42 Å². The summed E-state index contributed by atoms with van der Waals surface area (Å²) in [6, 6.07) is 7.55. The zero-order valence-electron chi connectivity index (χ0n) is 10.4. The van der Waals surface area contributed by atoms with Gasteiger partial charge >= 0.3 is 0 Å². The SMILES string of the molecule is O=C(CC1CCCNC1)NCc1ccc(Cl)cc1. The van der Waals surface area contributed by atoms with Gasteiger partial charge in [-0.25, -0.2) is 0 Å². The molecule has 0 radical (unpaired) electrons. The fraction of sp³-hybridized carbons (Fsp3) is 0.500. The quantitative estimate of drug-likeness (QED) is 0.878. The highest BCUT2D eigenvalue weighted by atomic mass is 35.5. The predicted molar refractivity (Wildman–Crippen MR) is 73.5 cm³/mol. The lowest BCUT2D eigenvalue weighted by molar-refractivity contribution is -0.122. The minimum absolute atomic E-state index is 0.138. The number of carbonyl (C=O) groups is 1. The molecule has 1 atom stereocenters. The third kappa shape index (κ3) is 4.31. The van der Waals surface area contributed by atoms with Crippen molar-refractivity contribution in [2.24, 2.45) is 5.92 Å². The molecule has 0 aliphatic carbocycles. The van der Waals surface area contributed by atoms with E-state index in [0.717, 1.165) is 30.1 Å². The molecule has 2 N–H and O–H groups in total. The van der Waals surface area contributed by atoms with Crippen LogP contribution in [0.5, 0.6) is 0 Å². The van der Waals surface area contributed by atoms with Gasteiger partial charge in [0.1, 0.15) is 0 Å². The van der Waals surface area contributed by atoms with Gasteiger partial charge in [-0.2, -0.15) is 0 Å². The molecule has 0 spiro atoms. The van der Waals surface area contributed by atoms with Crippen molar-refractivity contribution in [1.82, 2.24) is 10.6 Å². The summed E-state index contributed by atoms with van der Waals surface area (Å²) in [7, 11) is 0. The maximum Gasteiger partial charge on any atom is 0.220 e. The van der Waals surface area contributed by atoms with Crippen LogP contribution in [0.4, 0.5) is 0 Å². The molecule has 1 saturated heterocycles. The first-order chi connectivity index (χ1) is 8.74. The molecule has 18 heavy (non-hydrogen) atoms. The van der Waals surface area contributed by atoms with Crippen LogP contribution in [0, 0.1) is 5.92 Å². The van der Waals surface area contributed by atoms with E-state index in [2.05, 4.69) is 10.6 Å². The van der Waals surface area contributed by atoms with Gasteiger partial charge in [0.05, 0.1) is 0 Å². The first-order valence-electron chi connectivity index (χ1n) is 6.46. The van der Waals surface area contributed by atoms with Crippen molar-refractivity contribution in [3.8, 4) is 0 Å². The van der Waals surface area contributed by atoms with E-state index >= 15 is 0 Å². The molecule has 1 fully saturated rings. The maximum atomic E-state index is 11.8. The Morgan fingerprint density at radius 2 is 2.17 bits per heavy atom. The Balaban J connectivity index is 1.72. The first-order valence-corrected chi connectivity index (χ1v) is 6.83. The minimum Gasteiger partial charge on any atom is -0.352 e. The van der Waals surface area contributed by atoms with Crippen LogP contribution in [0.3, 0.4) is 0 Å². The van der Waals surface area contributed by atoms with Crippen molar-refractivity contribution in [2.75, 3.05) is 13.1 Å². The molecule has 3 nitrogen and oxygen atoms in total. The normalized spacial score (nSPS) is 19.5. The molecule has 1 heterocycles. The average molecular weight is 267 g/mol. The summed E-state index contributed by atoms with van der Waals surface area (Å²) in [6.07, 6.45) is 2.96. The summed E-state index contributed by atoms with van der Waals surface area (Å²) < 4.78 is 0. The number of halogens is 1. The highest BCUT2D eigenvalue weighted by Gasteiger charge is 2.16. The van der Waals surface area contributed by atoms with Crippen LogP contribution >= 0.6 is 11.6 Å². The number of hydrogen-bond donors (Lipinski definition) is 2. The van der Waals surface area contributed by atoms with Crippen LogP contribution in [0.15, 0.2) is 24.3 Å². The number of amides is 1. The monoisotopic (exact) mass is 266 g/mol. The Labute approximate surface area is 113 Å². The molecule has 98 valence electrons.